The van der Waals surface area contributed by atoms with Gasteiger partial charge in [0.25, 0.3) is 5.91 Å². The van der Waals surface area contributed by atoms with Crippen LogP contribution in [0.15, 0.2) is 65.6 Å². The summed E-state index contributed by atoms with van der Waals surface area (Å²) >= 11 is 0. The lowest BCUT2D eigenvalue weighted by atomic mass is 9.92. The summed E-state index contributed by atoms with van der Waals surface area (Å²) in [6, 6.07) is 18.1. The van der Waals surface area contributed by atoms with E-state index in [1.807, 2.05) is 11.8 Å². The third-order valence-electron chi connectivity index (χ3n) is 7.04. The average molecular weight is 458 g/mol. The number of benzene rings is 2. The van der Waals surface area contributed by atoms with Crippen molar-refractivity contribution in [3.63, 3.8) is 0 Å². The third kappa shape index (κ3) is 3.40. The van der Waals surface area contributed by atoms with E-state index in [-0.39, 0.29) is 29.7 Å². The molecule has 1 unspecified atom stereocenters. The van der Waals surface area contributed by atoms with Gasteiger partial charge in [0.1, 0.15) is 6.17 Å². The zero-order chi connectivity index (χ0) is 24.0. The summed E-state index contributed by atoms with van der Waals surface area (Å²) in [5.41, 5.74) is 4.42. The van der Waals surface area contributed by atoms with Gasteiger partial charge < -0.3 is 10.0 Å². The molecule has 2 aromatic carbocycles. The second-order valence-electron chi connectivity index (χ2n) is 9.56. The van der Waals surface area contributed by atoms with Gasteiger partial charge >= 0.3 is 0 Å². The number of amides is 1. The lowest BCUT2D eigenvalue weighted by Gasteiger charge is -2.51. The van der Waals surface area contributed by atoms with Crippen LogP contribution >= 0.6 is 0 Å². The van der Waals surface area contributed by atoms with Gasteiger partial charge in [0, 0.05) is 18.8 Å². The molecule has 1 aliphatic heterocycles. The number of nitrogens with zero attached hydrogens (tertiary/aromatic N) is 3. The molecule has 3 aromatic rings. The largest absolute Gasteiger partial charge is 0.502 e. The van der Waals surface area contributed by atoms with Crippen LogP contribution in [0.5, 0.6) is 5.75 Å². The number of hydrogen-bond acceptors (Lipinski definition) is 4. The van der Waals surface area contributed by atoms with Crippen molar-refractivity contribution in [2.24, 2.45) is 5.92 Å². The molecule has 0 spiro atoms. The number of carbonyl (C=O) groups excluding carboxylic acids is 1. The summed E-state index contributed by atoms with van der Waals surface area (Å²) < 4.78 is 1.74. The van der Waals surface area contributed by atoms with E-state index in [0.29, 0.717) is 6.54 Å². The Kier molecular flexibility index (Phi) is 5.68. The highest BCUT2D eigenvalue weighted by atomic mass is 16.3. The number of pyridine rings is 1. The molecule has 176 valence electrons. The van der Waals surface area contributed by atoms with E-state index in [0.717, 1.165) is 19.3 Å². The van der Waals surface area contributed by atoms with Gasteiger partial charge in [-0.15, -0.1) is 0 Å². The van der Waals surface area contributed by atoms with Gasteiger partial charge in [0.15, 0.2) is 11.4 Å². The van der Waals surface area contributed by atoms with E-state index >= 15 is 0 Å². The van der Waals surface area contributed by atoms with Crippen LogP contribution in [-0.2, 0) is 12.8 Å². The predicted molar refractivity (Wildman–Crippen MR) is 133 cm³/mol. The molecule has 0 bridgehead atoms. The Hall–Kier alpha value is -3.54. The Bertz CT molecular complexity index is 1250. The highest BCUT2D eigenvalue weighted by Crippen LogP contribution is 2.41. The maximum atomic E-state index is 13.7. The van der Waals surface area contributed by atoms with Crippen molar-refractivity contribution in [2.75, 3.05) is 11.6 Å². The molecule has 1 aromatic heterocycles. The lowest BCUT2D eigenvalue weighted by Crippen LogP contribution is -2.64. The lowest BCUT2D eigenvalue weighted by molar-refractivity contribution is 0.0469. The van der Waals surface area contributed by atoms with Gasteiger partial charge in [-0.05, 0) is 47.4 Å². The van der Waals surface area contributed by atoms with E-state index in [9.17, 15) is 14.7 Å². The summed E-state index contributed by atoms with van der Waals surface area (Å²) in [6.07, 6.45) is 4.03. The van der Waals surface area contributed by atoms with Crippen molar-refractivity contribution in [1.29, 1.82) is 0 Å². The van der Waals surface area contributed by atoms with E-state index in [4.69, 9.17) is 0 Å². The average Bonchev–Trinajstić information content (AvgIpc) is 2.99. The summed E-state index contributed by atoms with van der Waals surface area (Å²) in [5, 5.41) is 13.0. The number of aromatic nitrogens is 1. The highest BCUT2D eigenvalue weighted by molar-refractivity contribution is 5.96. The van der Waals surface area contributed by atoms with Crippen LogP contribution in [0.3, 0.4) is 0 Å². The zero-order valence-electron chi connectivity index (χ0n) is 19.9. The summed E-state index contributed by atoms with van der Waals surface area (Å²) in [6.45, 7) is 6.82. The summed E-state index contributed by atoms with van der Waals surface area (Å²) in [4.78, 5) is 27.9. The van der Waals surface area contributed by atoms with Crippen LogP contribution in [0.1, 0.15) is 66.0 Å². The molecule has 34 heavy (non-hydrogen) atoms. The molecule has 1 atom stereocenters. The second-order valence-corrected chi connectivity index (χ2v) is 9.56. The van der Waals surface area contributed by atoms with Crippen LogP contribution in [0.2, 0.25) is 0 Å². The molecule has 2 heterocycles. The van der Waals surface area contributed by atoms with E-state index in [1.165, 1.54) is 28.3 Å². The van der Waals surface area contributed by atoms with Gasteiger partial charge in [-0.2, -0.15) is 0 Å². The minimum absolute atomic E-state index is 0.0389. The molecule has 5 rings (SSSR count). The van der Waals surface area contributed by atoms with Gasteiger partial charge in [-0.3, -0.25) is 19.3 Å². The minimum atomic E-state index is -0.541. The van der Waals surface area contributed by atoms with Crippen molar-refractivity contribution in [3.05, 3.63) is 99.0 Å². The number of hydrogen-bond donors (Lipinski definition) is 1. The quantitative estimate of drug-likeness (QED) is 0.637. The molecule has 1 amide bonds. The Balaban J connectivity index is 1.85. The normalized spacial score (nSPS) is 17.9. The SMILES string of the molecule is CCCN1C(=O)c2c(O)c(=O)ccn2N(C2c3ccccc3CCc3ccccc32)C1C(C)C. The first-order valence-electron chi connectivity index (χ1n) is 12.1. The number of carbonyl (C=O) groups is 1. The Labute approximate surface area is 200 Å². The van der Waals surface area contributed by atoms with Gasteiger partial charge in [-0.25, -0.2) is 0 Å². The van der Waals surface area contributed by atoms with Crippen molar-refractivity contribution in [2.45, 2.75) is 52.2 Å². The van der Waals surface area contributed by atoms with Gasteiger partial charge in [-0.1, -0.05) is 69.3 Å². The fourth-order valence-electron chi connectivity index (χ4n) is 5.63. The Morgan fingerprint density at radius 1 is 0.941 bits per heavy atom. The minimum Gasteiger partial charge on any atom is -0.502 e. The molecule has 1 N–H and O–H groups in total. The molecule has 1 aliphatic carbocycles. The van der Waals surface area contributed by atoms with Gasteiger partial charge in [0.2, 0.25) is 5.43 Å². The van der Waals surface area contributed by atoms with Crippen LogP contribution in [0.25, 0.3) is 0 Å². The molecule has 0 radical (unpaired) electrons. The number of fused-ring (bicyclic) bond motifs is 3. The van der Waals surface area contributed by atoms with E-state index in [1.54, 1.807) is 10.9 Å². The van der Waals surface area contributed by atoms with Crippen molar-refractivity contribution in [3.8, 4) is 5.75 Å². The Morgan fingerprint density at radius 2 is 1.53 bits per heavy atom. The van der Waals surface area contributed by atoms with Crippen LogP contribution in [-0.4, -0.2) is 33.3 Å². The number of aryl methyl sites for hydroxylation is 2. The first-order chi connectivity index (χ1) is 16.4. The van der Waals surface area contributed by atoms with Gasteiger partial charge in [0.05, 0.1) is 6.04 Å². The Morgan fingerprint density at radius 3 is 2.09 bits per heavy atom. The maximum absolute atomic E-state index is 13.7. The first-order valence-corrected chi connectivity index (χ1v) is 12.1. The van der Waals surface area contributed by atoms with Crippen molar-refractivity contribution in [1.82, 2.24) is 9.58 Å². The molecular formula is C28H31N3O3. The third-order valence-corrected chi connectivity index (χ3v) is 7.04. The second kappa shape index (κ2) is 8.67. The summed E-state index contributed by atoms with van der Waals surface area (Å²) in [5.74, 6) is -0.689. The molecular weight excluding hydrogens is 426 g/mol. The first kappa shape index (κ1) is 22.3. The maximum Gasteiger partial charge on any atom is 0.278 e. The summed E-state index contributed by atoms with van der Waals surface area (Å²) in [7, 11) is 0. The van der Waals surface area contributed by atoms with Crippen LogP contribution in [0.4, 0.5) is 0 Å². The van der Waals surface area contributed by atoms with Crippen molar-refractivity contribution < 1.29 is 9.90 Å². The molecule has 0 saturated carbocycles. The zero-order valence-corrected chi connectivity index (χ0v) is 19.9. The number of aromatic hydroxyl groups is 1. The van der Waals surface area contributed by atoms with Crippen LogP contribution in [0, 0.1) is 5.92 Å². The molecule has 0 saturated heterocycles. The standard InChI is InChI=1S/C28H31N3O3/c1-4-16-29-27(18(2)3)31(30-17-15-23(32)26(33)25(30)28(29)34)24-21-11-7-5-9-19(21)13-14-20-10-6-8-12-22(20)24/h5-12,15,17-18,24,27,33H,4,13-14,16H2,1-3H3. The van der Waals surface area contributed by atoms with E-state index in [2.05, 4.69) is 67.4 Å². The molecule has 6 heteroatoms. The topological polar surface area (TPSA) is 65.8 Å². The molecule has 0 fully saturated rings. The fraction of sp³-hybridized carbons (Fsp3) is 0.357. The van der Waals surface area contributed by atoms with Crippen molar-refractivity contribution >= 4 is 5.91 Å². The van der Waals surface area contributed by atoms with E-state index < -0.39 is 11.2 Å². The highest BCUT2D eigenvalue weighted by Gasteiger charge is 2.45. The number of rotatable bonds is 4. The predicted octanol–water partition coefficient (Wildman–Crippen LogP) is 4.23. The monoisotopic (exact) mass is 457 g/mol. The smallest absolute Gasteiger partial charge is 0.278 e. The fourth-order valence-corrected chi connectivity index (χ4v) is 5.63. The van der Waals surface area contributed by atoms with Crippen LogP contribution < -0.4 is 10.4 Å². The molecule has 6 nitrogen and oxygen atoms in total. The molecule has 2 aliphatic rings.